The molecule has 0 saturated heterocycles. The van der Waals surface area contributed by atoms with Crippen molar-refractivity contribution in [3.63, 3.8) is 0 Å². The van der Waals surface area contributed by atoms with Crippen molar-refractivity contribution in [1.29, 1.82) is 0 Å². The minimum Gasteiger partial charge on any atom is -0.485 e. The molecule has 0 saturated carbocycles. The normalized spacial score (nSPS) is 21.4. The van der Waals surface area contributed by atoms with E-state index in [1.54, 1.807) is 0 Å². The third-order valence-corrected chi connectivity index (χ3v) is 10.3. The number of carbonyl (C=O) groups excluding carboxylic acids is 1. The highest BCUT2D eigenvalue weighted by atomic mass is 16.6. The topological polar surface area (TPSA) is 93.9 Å². The van der Waals surface area contributed by atoms with Crippen LogP contribution in [0.2, 0.25) is 0 Å². The van der Waals surface area contributed by atoms with Gasteiger partial charge in [0, 0.05) is 67.1 Å². The number of non-ortho nitro benzene ring substituents is 1. The summed E-state index contributed by atoms with van der Waals surface area (Å²) < 4.78 is 12.4. The number of nitrogens with one attached hydrogen (secondary N) is 1. The Morgan fingerprint density at radius 1 is 1.09 bits per heavy atom. The molecule has 0 aliphatic carbocycles. The number of unbranched alkanes of at least 4 members (excludes halogenated alkanes) is 2. The first-order valence-corrected chi connectivity index (χ1v) is 17.0. The van der Waals surface area contributed by atoms with Crippen molar-refractivity contribution in [2.24, 2.45) is 0 Å². The molecular weight excluding hydrogens is 578 g/mol. The van der Waals surface area contributed by atoms with Crippen LogP contribution in [0.5, 0.6) is 11.5 Å². The summed E-state index contributed by atoms with van der Waals surface area (Å²) in [6.07, 6.45) is 13.0. The van der Waals surface area contributed by atoms with Gasteiger partial charge in [0.2, 0.25) is 0 Å². The molecule has 0 radical (unpaired) electrons. The van der Waals surface area contributed by atoms with Gasteiger partial charge >= 0.3 is 5.97 Å². The molecule has 46 heavy (non-hydrogen) atoms. The number of ether oxygens (including phenoxy) is 2. The van der Waals surface area contributed by atoms with Crippen molar-refractivity contribution in [3.8, 4) is 11.5 Å². The molecule has 4 aliphatic rings. The molecule has 4 heterocycles. The molecule has 4 aliphatic heterocycles. The maximum absolute atomic E-state index is 12.5. The molecule has 3 aromatic rings. The van der Waals surface area contributed by atoms with Crippen LogP contribution in [-0.2, 0) is 23.1 Å². The number of carbonyl (C=O) groups is 1. The monoisotopic (exact) mass is 621 g/mol. The zero-order chi connectivity index (χ0) is 31.7. The number of aryl methyl sites for hydroxylation is 1. The van der Waals surface area contributed by atoms with Crippen LogP contribution in [0.4, 0.5) is 17.1 Å². The number of hydrogen-bond acceptors (Lipinski definition) is 7. The van der Waals surface area contributed by atoms with E-state index in [0.29, 0.717) is 12.2 Å². The predicted octanol–water partition coefficient (Wildman–Crippen LogP) is 8.16. The van der Waals surface area contributed by atoms with Crippen molar-refractivity contribution >= 4 is 29.1 Å². The van der Waals surface area contributed by atoms with E-state index in [9.17, 15) is 14.9 Å². The molecule has 0 spiro atoms. The number of nitro benzene ring substituents is 1. The smallest absolute Gasteiger partial charge is 0.311 e. The summed E-state index contributed by atoms with van der Waals surface area (Å²) in [5.41, 5.74) is 9.45. The Kier molecular flexibility index (Phi) is 8.45. The molecular formula is C38H43N3O5. The Balaban J connectivity index is 1.07. The lowest BCUT2D eigenvalue weighted by Crippen LogP contribution is -2.36. The molecule has 8 heteroatoms. The number of anilines is 2. The van der Waals surface area contributed by atoms with E-state index < -0.39 is 4.92 Å². The predicted molar refractivity (Wildman–Crippen MR) is 181 cm³/mol. The first-order chi connectivity index (χ1) is 22.4. The van der Waals surface area contributed by atoms with Crippen molar-refractivity contribution < 1.29 is 19.2 Å². The Bertz CT molecular complexity index is 1660. The average Bonchev–Trinajstić information content (AvgIpc) is 3.11. The van der Waals surface area contributed by atoms with E-state index in [4.69, 9.17) is 9.47 Å². The van der Waals surface area contributed by atoms with Crippen LogP contribution in [0.1, 0.15) is 87.0 Å². The van der Waals surface area contributed by atoms with Crippen LogP contribution in [0.3, 0.4) is 0 Å². The number of rotatable bonds is 8. The first-order valence-electron chi connectivity index (χ1n) is 17.0. The second kappa shape index (κ2) is 12.8. The highest BCUT2D eigenvalue weighted by Gasteiger charge is 2.37. The number of hydrogen-bond donors (Lipinski definition) is 1. The molecule has 8 nitrogen and oxygen atoms in total. The van der Waals surface area contributed by atoms with Gasteiger partial charge in [0.05, 0.1) is 4.92 Å². The van der Waals surface area contributed by atoms with Crippen LogP contribution in [0.15, 0.2) is 60.2 Å². The van der Waals surface area contributed by atoms with Crippen molar-refractivity contribution in [1.82, 2.24) is 0 Å². The summed E-state index contributed by atoms with van der Waals surface area (Å²) in [6.45, 7) is 5.56. The summed E-state index contributed by atoms with van der Waals surface area (Å²) in [5, 5.41) is 14.6. The van der Waals surface area contributed by atoms with Crippen molar-refractivity contribution in [2.75, 3.05) is 29.9 Å². The van der Waals surface area contributed by atoms with E-state index >= 15 is 0 Å². The van der Waals surface area contributed by atoms with Gasteiger partial charge in [0.15, 0.2) is 0 Å². The van der Waals surface area contributed by atoms with Crippen LogP contribution in [0.25, 0.3) is 6.08 Å². The summed E-state index contributed by atoms with van der Waals surface area (Å²) in [7, 11) is 0. The highest BCUT2D eigenvalue weighted by molar-refractivity contribution is 5.76. The van der Waals surface area contributed by atoms with Gasteiger partial charge in [-0.25, -0.2) is 0 Å². The van der Waals surface area contributed by atoms with Gasteiger partial charge in [-0.15, -0.1) is 0 Å². The van der Waals surface area contributed by atoms with E-state index in [1.807, 2.05) is 0 Å². The van der Waals surface area contributed by atoms with Gasteiger partial charge in [-0.3, -0.25) is 14.9 Å². The fraction of sp³-hybridized carbons (Fsp3) is 0.447. The fourth-order valence-electron chi connectivity index (χ4n) is 8.07. The van der Waals surface area contributed by atoms with Gasteiger partial charge in [-0.1, -0.05) is 38.0 Å². The quantitative estimate of drug-likeness (QED) is 0.0892. The number of fused-ring (bicyclic) bond motifs is 4. The summed E-state index contributed by atoms with van der Waals surface area (Å²) >= 11 is 0. The van der Waals surface area contributed by atoms with Gasteiger partial charge < -0.3 is 19.7 Å². The van der Waals surface area contributed by atoms with Crippen LogP contribution in [0, 0.1) is 10.1 Å². The Labute approximate surface area is 270 Å². The van der Waals surface area contributed by atoms with Gasteiger partial charge in [0.1, 0.15) is 17.6 Å². The zero-order valence-corrected chi connectivity index (χ0v) is 26.7. The molecule has 0 amide bonds. The molecule has 0 fully saturated rings. The standard InChI is InChI=1S/C38H43N3O5/c1-38(19-6-2-3-13-35(42)45-30-16-14-29(15-17-30)41(43)44)25-28-24-27-23-26-9-7-21-40-22-8-10-31(36(26)40)37(27)46-34(28)18-20-39-33-12-5-4-11-32(33)38/h4-5,11-12,14-17,23-24,34,39H,2-3,6-10,13,18-22,25H2,1H3. The molecule has 2 atom stereocenters. The average molecular weight is 622 g/mol. The second-order valence-electron chi connectivity index (χ2n) is 13.6. The minimum atomic E-state index is -0.467. The Morgan fingerprint density at radius 3 is 2.72 bits per heavy atom. The summed E-state index contributed by atoms with van der Waals surface area (Å²) in [6, 6.07) is 16.8. The lowest BCUT2D eigenvalue weighted by atomic mass is 9.71. The maximum atomic E-state index is 12.5. The molecule has 0 aromatic heterocycles. The van der Waals surface area contributed by atoms with Gasteiger partial charge in [0.25, 0.3) is 5.69 Å². The van der Waals surface area contributed by atoms with E-state index in [1.165, 1.54) is 76.3 Å². The van der Waals surface area contributed by atoms with E-state index in [2.05, 4.69) is 53.5 Å². The Morgan fingerprint density at radius 2 is 1.89 bits per heavy atom. The van der Waals surface area contributed by atoms with Gasteiger partial charge in [-0.05, 0) is 97.4 Å². The number of para-hydroxylation sites is 1. The third kappa shape index (κ3) is 6.09. The number of esters is 1. The van der Waals surface area contributed by atoms with Crippen molar-refractivity contribution in [2.45, 2.75) is 89.1 Å². The summed E-state index contributed by atoms with van der Waals surface area (Å²) in [4.78, 5) is 25.5. The largest absolute Gasteiger partial charge is 0.485 e. The fourth-order valence-corrected chi connectivity index (χ4v) is 8.07. The number of nitro groups is 1. The lowest BCUT2D eigenvalue weighted by Gasteiger charge is -2.40. The maximum Gasteiger partial charge on any atom is 0.311 e. The third-order valence-electron chi connectivity index (χ3n) is 10.3. The molecule has 0 bridgehead atoms. The van der Waals surface area contributed by atoms with Gasteiger partial charge in [-0.2, -0.15) is 0 Å². The second-order valence-corrected chi connectivity index (χ2v) is 13.6. The number of benzene rings is 3. The molecule has 1 N–H and O–H groups in total. The zero-order valence-electron chi connectivity index (χ0n) is 26.7. The van der Waals surface area contributed by atoms with Crippen LogP contribution >= 0.6 is 0 Å². The van der Waals surface area contributed by atoms with E-state index in [0.717, 1.165) is 76.8 Å². The molecule has 7 rings (SSSR count). The van der Waals surface area contributed by atoms with Crippen LogP contribution < -0.4 is 19.7 Å². The van der Waals surface area contributed by atoms with Crippen LogP contribution in [-0.4, -0.2) is 36.6 Å². The van der Waals surface area contributed by atoms with E-state index in [-0.39, 0.29) is 23.2 Å². The summed E-state index contributed by atoms with van der Waals surface area (Å²) in [5.74, 6) is 1.14. The first kappa shape index (κ1) is 30.3. The highest BCUT2D eigenvalue weighted by Crippen LogP contribution is 2.49. The minimum absolute atomic E-state index is 0.0268. The molecule has 3 aromatic carbocycles. The molecule has 2 unspecified atom stereocenters. The Hall–Kier alpha value is -4.33. The SMILES string of the molecule is CC1(CCCCCC(=O)Oc2ccc([N+](=O)[O-])cc2)CC2=Cc3cc4c5c(c3OC2CCNc2ccccc21)CCCN5CCC4. The lowest BCUT2D eigenvalue weighted by molar-refractivity contribution is -0.384. The molecule has 240 valence electrons. The van der Waals surface area contributed by atoms with Crippen molar-refractivity contribution in [3.05, 3.63) is 92.5 Å². The number of nitrogens with zero attached hydrogens (tertiary/aromatic N) is 2.